The second-order valence-electron chi connectivity index (χ2n) is 5.31. The van der Waals surface area contributed by atoms with E-state index in [0.717, 1.165) is 43.7 Å². The number of H-pyrrole nitrogens is 1. The van der Waals surface area contributed by atoms with Crippen molar-refractivity contribution in [1.82, 2.24) is 20.3 Å². The van der Waals surface area contributed by atoms with E-state index in [1.165, 1.54) is 6.33 Å². The molecule has 0 bridgehead atoms. The summed E-state index contributed by atoms with van der Waals surface area (Å²) in [6.45, 7) is 3.70. The van der Waals surface area contributed by atoms with Crippen LogP contribution in [0.25, 0.3) is 11.0 Å². The Morgan fingerprint density at radius 1 is 1.24 bits per heavy atom. The molecule has 1 saturated heterocycles. The van der Waals surface area contributed by atoms with E-state index in [0.29, 0.717) is 6.54 Å². The summed E-state index contributed by atoms with van der Waals surface area (Å²) in [7, 11) is 0. The fourth-order valence-electron chi connectivity index (χ4n) is 2.17. The van der Waals surface area contributed by atoms with Crippen molar-refractivity contribution in [2.24, 2.45) is 0 Å². The van der Waals surface area contributed by atoms with E-state index in [1.807, 2.05) is 12.3 Å². The van der Waals surface area contributed by atoms with Crippen molar-refractivity contribution < 1.29 is 24.9 Å². The van der Waals surface area contributed by atoms with Crippen molar-refractivity contribution in [2.75, 3.05) is 18.4 Å². The van der Waals surface area contributed by atoms with Gasteiger partial charge in [0.2, 0.25) is 0 Å². The molecule has 10 heteroatoms. The first-order valence-electron chi connectivity index (χ1n) is 7.63. The van der Waals surface area contributed by atoms with Gasteiger partial charge in [-0.15, -0.1) is 0 Å². The number of carboxylic acids is 2. The molecule has 10 nitrogen and oxygen atoms in total. The zero-order chi connectivity index (χ0) is 18.8. The molecule has 2 aromatic heterocycles. The minimum atomic E-state index is -0.833. The second-order valence-corrected chi connectivity index (χ2v) is 5.31. The van der Waals surface area contributed by atoms with Crippen LogP contribution in [0.4, 0.5) is 5.82 Å². The van der Waals surface area contributed by atoms with Crippen molar-refractivity contribution >= 4 is 28.8 Å². The molecule has 0 amide bonds. The number of hydrogen-bond acceptors (Lipinski definition) is 7. The number of aliphatic hydroxyl groups is 1. The number of carbonyl (C=O) groups is 2. The van der Waals surface area contributed by atoms with E-state index < -0.39 is 11.9 Å². The van der Waals surface area contributed by atoms with Crippen LogP contribution in [0.2, 0.25) is 0 Å². The minimum absolute atomic E-state index is 0.0456. The third-order valence-electron chi connectivity index (χ3n) is 3.13. The van der Waals surface area contributed by atoms with Gasteiger partial charge in [-0.25, -0.2) is 9.97 Å². The molecule has 25 heavy (non-hydrogen) atoms. The molecule has 1 aliphatic rings. The van der Waals surface area contributed by atoms with Crippen LogP contribution in [0.3, 0.4) is 0 Å². The Morgan fingerprint density at radius 3 is 2.48 bits per heavy atom. The second kappa shape index (κ2) is 10.2. The zero-order valence-corrected chi connectivity index (χ0v) is 14.1. The van der Waals surface area contributed by atoms with Crippen LogP contribution in [0.15, 0.2) is 18.6 Å². The predicted molar refractivity (Wildman–Crippen MR) is 91.4 cm³/mol. The molecule has 3 heterocycles. The maximum absolute atomic E-state index is 9.88. The Balaban J connectivity index is 0.000000333. The van der Waals surface area contributed by atoms with Crippen molar-refractivity contribution in [2.45, 2.75) is 32.4 Å². The Bertz CT molecular complexity index is 670. The number of rotatable bonds is 2. The number of anilines is 1. The first kappa shape index (κ1) is 20.3. The van der Waals surface area contributed by atoms with Crippen LogP contribution >= 0.6 is 0 Å². The fraction of sp³-hybridized carbons (Fsp3) is 0.467. The summed E-state index contributed by atoms with van der Waals surface area (Å²) in [4.78, 5) is 29.4. The van der Waals surface area contributed by atoms with Crippen LogP contribution in [0, 0.1) is 0 Å². The monoisotopic (exact) mass is 353 g/mol. The van der Waals surface area contributed by atoms with Crippen LogP contribution in [-0.2, 0) is 9.59 Å². The number of β-amino-alcohol motifs (C(OH)–C–C–N with tert-alkyl or cyclic N) is 1. The summed E-state index contributed by atoms with van der Waals surface area (Å²) in [5.41, 5.74) is 0.811. The molecule has 6 N–H and O–H groups in total. The van der Waals surface area contributed by atoms with Gasteiger partial charge in [0.15, 0.2) is 0 Å². The first-order chi connectivity index (χ1) is 11.8. The van der Waals surface area contributed by atoms with E-state index in [2.05, 4.69) is 25.6 Å². The van der Waals surface area contributed by atoms with Gasteiger partial charge in [-0.2, -0.15) is 0 Å². The van der Waals surface area contributed by atoms with Gasteiger partial charge in [-0.1, -0.05) is 0 Å². The lowest BCUT2D eigenvalue weighted by Crippen LogP contribution is -2.47. The molecule has 0 radical (unpaired) electrons. The Morgan fingerprint density at radius 2 is 1.88 bits per heavy atom. The average Bonchev–Trinajstić information content (AvgIpc) is 2.98. The van der Waals surface area contributed by atoms with Gasteiger partial charge < -0.3 is 30.9 Å². The minimum Gasteiger partial charge on any atom is -0.481 e. The number of aromatic nitrogens is 3. The Labute approximate surface area is 144 Å². The average molecular weight is 353 g/mol. The van der Waals surface area contributed by atoms with Crippen molar-refractivity contribution in [3.05, 3.63) is 18.6 Å². The number of aliphatic hydroxyl groups excluding tert-OH is 1. The highest BCUT2D eigenvalue weighted by molar-refractivity contribution is 5.86. The highest BCUT2D eigenvalue weighted by atomic mass is 16.4. The molecule has 0 unspecified atom stereocenters. The Hall–Kier alpha value is -2.72. The molecule has 2 atom stereocenters. The summed E-state index contributed by atoms with van der Waals surface area (Å²) < 4.78 is 0. The van der Waals surface area contributed by atoms with Gasteiger partial charge in [-0.05, 0) is 19.0 Å². The summed E-state index contributed by atoms with van der Waals surface area (Å²) in [6, 6.07) is 1.98. The number of nitrogens with zero attached hydrogens (tertiary/aromatic N) is 2. The van der Waals surface area contributed by atoms with Crippen molar-refractivity contribution in [3.63, 3.8) is 0 Å². The van der Waals surface area contributed by atoms with Gasteiger partial charge in [-0.3, -0.25) is 9.59 Å². The summed E-state index contributed by atoms with van der Waals surface area (Å²) >= 11 is 0. The summed E-state index contributed by atoms with van der Waals surface area (Å²) in [5, 5.41) is 32.1. The molecule has 2 aromatic rings. The van der Waals surface area contributed by atoms with E-state index in [-0.39, 0.29) is 12.1 Å². The maximum atomic E-state index is 9.88. The van der Waals surface area contributed by atoms with E-state index >= 15 is 0 Å². The van der Waals surface area contributed by atoms with Gasteiger partial charge >= 0.3 is 0 Å². The number of piperidine rings is 1. The van der Waals surface area contributed by atoms with E-state index in [9.17, 15) is 5.11 Å². The molecule has 138 valence electrons. The highest BCUT2D eigenvalue weighted by Gasteiger charge is 2.23. The van der Waals surface area contributed by atoms with Crippen molar-refractivity contribution in [1.29, 1.82) is 0 Å². The number of nitrogens with one attached hydrogen (secondary N) is 3. The normalized spacial score (nSPS) is 19.0. The molecule has 1 aliphatic heterocycles. The van der Waals surface area contributed by atoms with Crippen LogP contribution in [-0.4, -0.2) is 67.4 Å². The lowest BCUT2D eigenvalue weighted by Gasteiger charge is -2.29. The smallest absolute Gasteiger partial charge is 0.300 e. The van der Waals surface area contributed by atoms with Crippen LogP contribution < -0.4 is 10.6 Å². The molecule has 0 aromatic carbocycles. The molecular weight excluding hydrogens is 330 g/mol. The van der Waals surface area contributed by atoms with Crippen molar-refractivity contribution in [3.8, 4) is 0 Å². The third kappa shape index (κ3) is 7.59. The van der Waals surface area contributed by atoms with Gasteiger partial charge in [0.1, 0.15) is 17.8 Å². The highest BCUT2D eigenvalue weighted by Crippen LogP contribution is 2.20. The first-order valence-corrected chi connectivity index (χ1v) is 7.63. The summed E-state index contributed by atoms with van der Waals surface area (Å²) in [5.74, 6) is -0.887. The Kier molecular flexibility index (Phi) is 8.30. The van der Waals surface area contributed by atoms with Crippen LogP contribution in [0.5, 0.6) is 0 Å². The fourth-order valence-corrected chi connectivity index (χ4v) is 2.17. The van der Waals surface area contributed by atoms with Gasteiger partial charge in [0.25, 0.3) is 11.9 Å². The molecular formula is C15H23N5O5. The summed E-state index contributed by atoms with van der Waals surface area (Å²) in [6.07, 6.45) is 3.86. The largest absolute Gasteiger partial charge is 0.481 e. The number of fused-ring (bicyclic) bond motifs is 1. The number of carboxylic acid groups (broad SMARTS) is 2. The lowest BCUT2D eigenvalue weighted by atomic mass is 10.0. The van der Waals surface area contributed by atoms with E-state index in [4.69, 9.17) is 19.8 Å². The lowest BCUT2D eigenvalue weighted by molar-refractivity contribution is -0.135. The molecule has 3 rings (SSSR count). The predicted octanol–water partition coefficient (Wildman–Crippen LogP) is 0.274. The molecule has 1 fully saturated rings. The van der Waals surface area contributed by atoms with Crippen LogP contribution in [0.1, 0.15) is 20.3 Å². The van der Waals surface area contributed by atoms with Gasteiger partial charge in [0.05, 0.1) is 17.5 Å². The van der Waals surface area contributed by atoms with Gasteiger partial charge in [0, 0.05) is 26.6 Å². The van der Waals surface area contributed by atoms with E-state index in [1.54, 1.807) is 0 Å². The molecule has 0 spiro atoms. The quantitative estimate of drug-likeness (QED) is 0.445. The number of hydrogen-bond donors (Lipinski definition) is 6. The maximum Gasteiger partial charge on any atom is 0.300 e. The zero-order valence-electron chi connectivity index (χ0n) is 14.1. The number of aromatic amines is 1. The SMILES string of the molecule is CC(=O)O.CC(=O)O.O[C@@H]1CNCC[C@H]1Nc1ncnc2[nH]ccc12. The third-order valence-corrected chi connectivity index (χ3v) is 3.13. The topological polar surface area (TPSA) is 160 Å². The molecule has 0 saturated carbocycles. The standard InChI is InChI=1S/C11H15N5O.2C2H4O2/c17-9-5-12-3-2-8(9)16-11-7-1-4-13-10(7)14-6-15-11;2*1-2(3)4/h1,4,6,8-9,12,17H,2-3,5H2,(H2,13,14,15,16);2*1H3,(H,3,4)/t8-,9-;;/m1../s1. The molecule has 0 aliphatic carbocycles. The number of aliphatic carboxylic acids is 2.